The first-order valence-corrected chi connectivity index (χ1v) is 7.89. The Kier molecular flexibility index (Phi) is 3.92. The van der Waals surface area contributed by atoms with Crippen molar-refractivity contribution < 1.29 is 0 Å². The first kappa shape index (κ1) is 13.2. The van der Waals surface area contributed by atoms with E-state index in [2.05, 4.69) is 15.3 Å². The molecule has 0 bridgehead atoms. The van der Waals surface area contributed by atoms with Crippen LogP contribution in [0.3, 0.4) is 0 Å². The molecule has 2 aliphatic carbocycles. The Hall–Kier alpha value is -0.830. The van der Waals surface area contributed by atoms with E-state index in [1.54, 1.807) is 0 Å². The second kappa shape index (κ2) is 5.66. The number of aromatic nitrogens is 2. The van der Waals surface area contributed by atoms with E-state index < -0.39 is 0 Å². The van der Waals surface area contributed by atoms with Crippen molar-refractivity contribution >= 4 is 17.4 Å². The minimum Gasteiger partial charge on any atom is -0.370 e. The van der Waals surface area contributed by atoms with Crippen LogP contribution in [0.2, 0.25) is 5.15 Å². The van der Waals surface area contributed by atoms with Crippen LogP contribution in [0.5, 0.6) is 0 Å². The summed E-state index contributed by atoms with van der Waals surface area (Å²) in [6, 6.07) is 0. The van der Waals surface area contributed by atoms with Crippen molar-refractivity contribution in [3.8, 4) is 0 Å². The molecule has 0 aliphatic heterocycles. The van der Waals surface area contributed by atoms with Gasteiger partial charge in [0, 0.05) is 18.0 Å². The molecule has 1 aromatic heterocycles. The highest BCUT2D eigenvalue weighted by Crippen LogP contribution is 2.39. The van der Waals surface area contributed by atoms with Crippen molar-refractivity contribution in [2.75, 3.05) is 11.9 Å². The lowest BCUT2D eigenvalue weighted by Crippen LogP contribution is -2.11. The predicted octanol–water partition coefficient (Wildman–Crippen LogP) is 4.31. The fourth-order valence-corrected chi connectivity index (χ4v) is 3.07. The predicted molar refractivity (Wildman–Crippen MR) is 78.8 cm³/mol. The third-order valence-electron chi connectivity index (χ3n) is 4.37. The van der Waals surface area contributed by atoms with Crippen LogP contribution in [0.4, 0.5) is 5.82 Å². The van der Waals surface area contributed by atoms with E-state index in [0.29, 0.717) is 11.1 Å². The zero-order valence-corrected chi connectivity index (χ0v) is 12.3. The van der Waals surface area contributed by atoms with Crippen LogP contribution >= 0.6 is 11.6 Å². The Bertz CT molecular complexity index is 451. The zero-order chi connectivity index (χ0) is 13.2. The molecule has 1 heterocycles. The minimum atomic E-state index is 0.550. The maximum atomic E-state index is 6.21. The highest BCUT2D eigenvalue weighted by Gasteiger charge is 2.28. The number of hydrogen-bond donors (Lipinski definition) is 1. The molecule has 0 atom stereocenters. The van der Waals surface area contributed by atoms with E-state index in [1.165, 1.54) is 44.9 Å². The fraction of sp³-hybridized carbons (Fsp3) is 0.733. The first-order chi connectivity index (χ1) is 9.24. The topological polar surface area (TPSA) is 37.8 Å². The summed E-state index contributed by atoms with van der Waals surface area (Å²) in [6.45, 7) is 3.00. The third kappa shape index (κ3) is 3.19. The van der Waals surface area contributed by atoms with Gasteiger partial charge in [0.25, 0.3) is 0 Å². The van der Waals surface area contributed by atoms with E-state index >= 15 is 0 Å². The van der Waals surface area contributed by atoms with E-state index in [0.717, 1.165) is 29.7 Å². The van der Waals surface area contributed by atoms with Crippen molar-refractivity contribution in [1.82, 2.24) is 9.97 Å². The monoisotopic (exact) mass is 279 g/mol. The van der Waals surface area contributed by atoms with E-state index in [-0.39, 0.29) is 0 Å². The van der Waals surface area contributed by atoms with Gasteiger partial charge in [-0.25, -0.2) is 9.97 Å². The quantitative estimate of drug-likeness (QED) is 0.816. The number of halogens is 1. The maximum absolute atomic E-state index is 6.21. The third-order valence-corrected chi connectivity index (χ3v) is 4.73. The molecular weight excluding hydrogens is 258 g/mol. The summed E-state index contributed by atoms with van der Waals surface area (Å²) in [5.41, 5.74) is 0.984. The Balaban J connectivity index is 1.62. The summed E-state index contributed by atoms with van der Waals surface area (Å²) in [5, 5.41) is 4.08. The van der Waals surface area contributed by atoms with Gasteiger partial charge in [-0.2, -0.15) is 0 Å². The molecule has 0 unspecified atom stereocenters. The maximum Gasteiger partial charge on any atom is 0.137 e. The number of hydrogen-bond acceptors (Lipinski definition) is 3. The molecule has 104 valence electrons. The van der Waals surface area contributed by atoms with Gasteiger partial charge in [-0.05, 0) is 32.1 Å². The lowest BCUT2D eigenvalue weighted by Gasteiger charge is -2.13. The molecule has 2 saturated carbocycles. The van der Waals surface area contributed by atoms with Crippen LogP contribution in [0.1, 0.15) is 62.3 Å². The van der Waals surface area contributed by atoms with Crippen LogP contribution in [0, 0.1) is 12.8 Å². The molecule has 3 rings (SSSR count). The van der Waals surface area contributed by atoms with Crippen LogP contribution in [-0.2, 0) is 0 Å². The van der Waals surface area contributed by atoms with Gasteiger partial charge in [-0.1, -0.05) is 37.3 Å². The van der Waals surface area contributed by atoms with Crippen molar-refractivity contribution in [2.24, 2.45) is 5.92 Å². The summed E-state index contributed by atoms with van der Waals surface area (Å²) in [4.78, 5) is 9.05. The van der Waals surface area contributed by atoms with Crippen molar-refractivity contribution in [1.29, 1.82) is 0 Å². The van der Waals surface area contributed by atoms with E-state index in [9.17, 15) is 0 Å². The Labute approximate surface area is 120 Å². The Morgan fingerprint density at radius 2 is 1.89 bits per heavy atom. The number of rotatable bonds is 5. The van der Waals surface area contributed by atoms with Gasteiger partial charge in [0.15, 0.2) is 0 Å². The second-order valence-corrected chi connectivity index (χ2v) is 6.34. The normalized spacial score (nSPS) is 19.9. The summed E-state index contributed by atoms with van der Waals surface area (Å²) in [5.74, 6) is 3.33. The highest BCUT2D eigenvalue weighted by molar-refractivity contribution is 6.30. The summed E-state index contributed by atoms with van der Waals surface area (Å²) < 4.78 is 0. The van der Waals surface area contributed by atoms with Crippen molar-refractivity contribution in [3.63, 3.8) is 0 Å². The molecule has 0 amide bonds. The van der Waals surface area contributed by atoms with Crippen LogP contribution in [0.15, 0.2) is 0 Å². The first-order valence-electron chi connectivity index (χ1n) is 7.52. The molecule has 0 spiro atoms. The summed E-state index contributed by atoms with van der Waals surface area (Å²) in [6.07, 6.45) is 9.29. The molecule has 0 aromatic carbocycles. The molecular formula is C15H22ClN3. The number of nitrogens with zero attached hydrogens (tertiary/aromatic N) is 2. The van der Waals surface area contributed by atoms with Crippen molar-refractivity contribution in [2.45, 2.75) is 57.8 Å². The molecule has 4 heteroatoms. The molecule has 0 radical (unpaired) electrons. The van der Waals surface area contributed by atoms with Crippen LogP contribution in [-0.4, -0.2) is 16.5 Å². The van der Waals surface area contributed by atoms with Crippen LogP contribution in [0.25, 0.3) is 0 Å². The lowest BCUT2D eigenvalue weighted by molar-refractivity contribution is 0.518. The Morgan fingerprint density at radius 1 is 1.16 bits per heavy atom. The largest absolute Gasteiger partial charge is 0.370 e. The molecule has 0 saturated heterocycles. The van der Waals surface area contributed by atoms with Gasteiger partial charge in [0.05, 0.1) is 0 Å². The Morgan fingerprint density at radius 3 is 2.58 bits per heavy atom. The van der Waals surface area contributed by atoms with E-state index in [1.807, 2.05) is 6.92 Å². The van der Waals surface area contributed by atoms with Crippen molar-refractivity contribution in [3.05, 3.63) is 16.5 Å². The fourth-order valence-electron chi connectivity index (χ4n) is 2.90. The van der Waals surface area contributed by atoms with Gasteiger partial charge in [0.2, 0.25) is 0 Å². The van der Waals surface area contributed by atoms with Gasteiger partial charge in [0.1, 0.15) is 16.8 Å². The smallest absolute Gasteiger partial charge is 0.137 e. The molecule has 1 aromatic rings. The average molecular weight is 280 g/mol. The van der Waals surface area contributed by atoms with Gasteiger partial charge < -0.3 is 5.32 Å². The van der Waals surface area contributed by atoms with Gasteiger partial charge in [-0.15, -0.1) is 0 Å². The van der Waals surface area contributed by atoms with E-state index in [4.69, 9.17) is 11.6 Å². The molecule has 2 aliphatic rings. The molecule has 2 fully saturated rings. The second-order valence-electron chi connectivity index (χ2n) is 5.99. The average Bonchev–Trinajstić information content (AvgIpc) is 3.12. The van der Waals surface area contributed by atoms with Crippen LogP contribution < -0.4 is 5.32 Å². The lowest BCUT2D eigenvalue weighted by atomic mass is 10.0. The zero-order valence-electron chi connectivity index (χ0n) is 11.6. The number of nitrogens with one attached hydrogen (secondary N) is 1. The molecule has 19 heavy (non-hydrogen) atoms. The minimum absolute atomic E-state index is 0.550. The molecule has 1 N–H and O–H groups in total. The SMILES string of the molecule is Cc1c(Cl)nc(C2CC2)nc1NCCC1CCCC1. The standard InChI is InChI=1S/C15H22ClN3/c1-10-13(16)18-15(12-6-7-12)19-14(10)17-9-8-11-4-2-3-5-11/h11-12H,2-9H2,1H3,(H,17,18,19). The molecule has 3 nitrogen and oxygen atoms in total. The van der Waals surface area contributed by atoms with Gasteiger partial charge in [-0.3, -0.25) is 0 Å². The highest BCUT2D eigenvalue weighted by atomic mass is 35.5. The summed E-state index contributed by atoms with van der Waals surface area (Å²) in [7, 11) is 0. The number of anilines is 1. The van der Waals surface area contributed by atoms with Gasteiger partial charge >= 0.3 is 0 Å². The summed E-state index contributed by atoms with van der Waals surface area (Å²) >= 11 is 6.21.